The van der Waals surface area contributed by atoms with E-state index in [0.29, 0.717) is 5.92 Å². The molecule has 0 aliphatic heterocycles. The molecular weight excluding hydrogens is 151 g/mol. The number of allylic oxidation sites excluding steroid dienone is 7. The molecule has 0 saturated carbocycles. The molecule has 0 saturated heterocycles. The summed E-state index contributed by atoms with van der Waals surface area (Å²) in [6, 6.07) is 0. The zero-order valence-corrected chi connectivity index (χ0v) is 7.26. The smallest absolute Gasteiger partial charge is 0.118 e. The van der Waals surface area contributed by atoms with Crippen LogP contribution < -0.4 is 0 Å². The van der Waals surface area contributed by atoms with Crippen LogP contribution in [0.1, 0.15) is 13.3 Å². The van der Waals surface area contributed by atoms with E-state index in [2.05, 4.69) is 6.58 Å². The average Bonchev–Trinajstić information content (AvgIpc) is 2.03. The van der Waals surface area contributed by atoms with Crippen molar-refractivity contribution in [3.05, 3.63) is 48.4 Å². The van der Waals surface area contributed by atoms with Gasteiger partial charge in [0.15, 0.2) is 0 Å². The van der Waals surface area contributed by atoms with Crippen molar-refractivity contribution in [3.63, 3.8) is 0 Å². The number of halogens is 1. The highest BCUT2D eigenvalue weighted by Gasteiger charge is 2.03. The second-order valence-electron chi connectivity index (χ2n) is 3.05. The Morgan fingerprint density at radius 3 is 3.00 bits per heavy atom. The third kappa shape index (κ3) is 2.87. The Hall–Kier alpha value is -1.11. The lowest BCUT2D eigenvalue weighted by Gasteiger charge is -2.07. The van der Waals surface area contributed by atoms with E-state index in [-0.39, 0.29) is 5.83 Å². The number of rotatable bonds is 2. The predicted molar refractivity (Wildman–Crippen MR) is 50.4 cm³/mol. The van der Waals surface area contributed by atoms with Crippen molar-refractivity contribution < 1.29 is 4.39 Å². The fourth-order valence-electron chi connectivity index (χ4n) is 1.04. The quantitative estimate of drug-likeness (QED) is 0.547. The summed E-state index contributed by atoms with van der Waals surface area (Å²) >= 11 is 0. The zero-order chi connectivity index (χ0) is 8.97. The zero-order valence-electron chi connectivity index (χ0n) is 7.26. The minimum atomic E-state index is -0.130. The minimum Gasteiger partial charge on any atom is -0.207 e. The van der Waals surface area contributed by atoms with E-state index in [1.54, 1.807) is 6.08 Å². The van der Waals surface area contributed by atoms with E-state index in [4.69, 9.17) is 0 Å². The van der Waals surface area contributed by atoms with Gasteiger partial charge in [0.1, 0.15) is 5.83 Å². The van der Waals surface area contributed by atoms with Crippen LogP contribution in [0.4, 0.5) is 4.39 Å². The highest BCUT2D eigenvalue weighted by molar-refractivity contribution is 5.22. The van der Waals surface area contributed by atoms with Crippen molar-refractivity contribution in [2.75, 3.05) is 0 Å². The summed E-state index contributed by atoms with van der Waals surface area (Å²) in [5.74, 6) is 0.205. The molecule has 0 spiro atoms. The van der Waals surface area contributed by atoms with Crippen molar-refractivity contribution in [2.24, 2.45) is 5.92 Å². The van der Waals surface area contributed by atoms with Gasteiger partial charge in [-0.1, -0.05) is 30.4 Å². The third-order valence-electron chi connectivity index (χ3n) is 1.72. The molecule has 0 amide bonds. The highest BCUT2D eigenvalue weighted by Crippen LogP contribution is 2.18. The fraction of sp³-hybridized carbons (Fsp3) is 0.273. The van der Waals surface area contributed by atoms with E-state index in [1.807, 2.05) is 25.2 Å². The first kappa shape index (κ1) is 8.98. The lowest BCUT2D eigenvalue weighted by molar-refractivity contribution is 0.638. The van der Waals surface area contributed by atoms with Gasteiger partial charge in [-0.2, -0.15) is 0 Å². The van der Waals surface area contributed by atoms with Crippen molar-refractivity contribution >= 4 is 0 Å². The fourth-order valence-corrected chi connectivity index (χ4v) is 1.04. The molecule has 0 aromatic carbocycles. The molecule has 0 nitrogen and oxygen atoms in total. The SMILES string of the molecule is C=C(C)/C=C/C1C=CC(F)=CC1. The minimum absolute atomic E-state index is 0.130. The lowest BCUT2D eigenvalue weighted by Crippen LogP contribution is -1.93. The molecule has 0 N–H and O–H groups in total. The van der Waals surface area contributed by atoms with Crippen molar-refractivity contribution in [3.8, 4) is 0 Å². The summed E-state index contributed by atoms with van der Waals surface area (Å²) in [5.41, 5.74) is 1.03. The summed E-state index contributed by atoms with van der Waals surface area (Å²) in [5, 5.41) is 0. The summed E-state index contributed by atoms with van der Waals surface area (Å²) in [6.07, 6.45) is 9.75. The molecule has 12 heavy (non-hydrogen) atoms. The van der Waals surface area contributed by atoms with Crippen LogP contribution in [0, 0.1) is 5.92 Å². The van der Waals surface area contributed by atoms with Gasteiger partial charge in [-0.25, -0.2) is 4.39 Å². The topological polar surface area (TPSA) is 0 Å². The molecule has 0 aromatic rings. The second-order valence-corrected chi connectivity index (χ2v) is 3.05. The molecule has 1 aliphatic carbocycles. The first-order valence-corrected chi connectivity index (χ1v) is 4.06. The summed E-state index contributed by atoms with van der Waals surface area (Å²) < 4.78 is 12.5. The van der Waals surface area contributed by atoms with E-state index in [0.717, 1.165) is 12.0 Å². The first-order valence-electron chi connectivity index (χ1n) is 4.06. The van der Waals surface area contributed by atoms with Crippen LogP contribution in [0.15, 0.2) is 48.4 Å². The van der Waals surface area contributed by atoms with Gasteiger partial charge in [-0.05, 0) is 31.4 Å². The van der Waals surface area contributed by atoms with Gasteiger partial charge < -0.3 is 0 Å². The Bertz CT molecular complexity index is 256. The maximum absolute atomic E-state index is 12.5. The van der Waals surface area contributed by atoms with Gasteiger partial charge in [-0.15, -0.1) is 0 Å². The molecule has 0 radical (unpaired) electrons. The predicted octanol–water partition coefficient (Wildman–Crippen LogP) is 3.55. The molecule has 1 atom stereocenters. The summed E-state index contributed by atoms with van der Waals surface area (Å²) in [4.78, 5) is 0. The Morgan fingerprint density at radius 1 is 1.75 bits per heavy atom. The average molecular weight is 164 g/mol. The maximum Gasteiger partial charge on any atom is 0.118 e. The van der Waals surface area contributed by atoms with Gasteiger partial charge in [-0.3, -0.25) is 0 Å². The van der Waals surface area contributed by atoms with Crippen LogP contribution in [0.25, 0.3) is 0 Å². The Morgan fingerprint density at radius 2 is 2.50 bits per heavy atom. The highest BCUT2D eigenvalue weighted by atomic mass is 19.1. The normalized spacial score (nSPS) is 22.8. The van der Waals surface area contributed by atoms with Crippen LogP contribution in [-0.2, 0) is 0 Å². The van der Waals surface area contributed by atoms with Crippen LogP contribution in [0.3, 0.4) is 0 Å². The van der Waals surface area contributed by atoms with E-state index in [9.17, 15) is 4.39 Å². The van der Waals surface area contributed by atoms with Crippen molar-refractivity contribution in [1.29, 1.82) is 0 Å². The first-order chi connectivity index (χ1) is 5.68. The van der Waals surface area contributed by atoms with E-state index < -0.39 is 0 Å². The Kier molecular flexibility index (Phi) is 3.03. The van der Waals surface area contributed by atoms with Crippen LogP contribution in [0.2, 0.25) is 0 Å². The van der Waals surface area contributed by atoms with Gasteiger partial charge in [0.2, 0.25) is 0 Å². The van der Waals surface area contributed by atoms with Gasteiger partial charge in [0.05, 0.1) is 0 Å². The lowest BCUT2D eigenvalue weighted by atomic mass is 9.99. The molecule has 0 heterocycles. The Balaban J connectivity index is 2.49. The number of hydrogen-bond acceptors (Lipinski definition) is 0. The van der Waals surface area contributed by atoms with Crippen molar-refractivity contribution in [1.82, 2.24) is 0 Å². The molecule has 0 bridgehead atoms. The van der Waals surface area contributed by atoms with Crippen LogP contribution >= 0.6 is 0 Å². The Labute approximate surface area is 72.8 Å². The summed E-state index contributed by atoms with van der Waals surface area (Å²) in [6.45, 7) is 5.70. The largest absolute Gasteiger partial charge is 0.207 e. The molecule has 0 aromatic heterocycles. The summed E-state index contributed by atoms with van der Waals surface area (Å²) in [7, 11) is 0. The van der Waals surface area contributed by atoms with Crippen LogP contribution in [-0.4, -0.2) is 0 Å². The monoisotopic (exact) mass is 164 g/mol. The maximum atomic E-state index is 12.5. The van der Waals surface area contributed by atoms with E-state index >= 15 is 0 Å². The van der Waals surface area contributed by atoms with Gasteiger partial charge >= 0.3 is 0 Å². The number of hydrogen-bond donors (Lipinski definition) is 0. The molecule has 1 rings (SSSR count). The van der Waals surface area contributed by atoms with E-state index in [1.165, 1.54) is 6.08 Å². The molecule has 64 valence electrons. The molecular formula is C11H13F. The third-order valence-corrected chi connectivity index (χ3v) is 1.72. The molecule has 1 heteroatoms. The van der Waals surface area contributed by atoms with Crippen LogP contribution in [0.5, 0.6) is 0 Å². The molecule has 1 aliphatic rings. The second kappa shape index (κ2) is 4.05. The molecule has 0 fully saturated rings. The molecule has 1 unspecified atom stereocenters. The van der Waals surface area contributed by atoms with Crippen molar-refractivity contribution in [2.45, 2.75) is 13.3 Å². The standard InChI is InChI=1S/C11H13F/c1-9(2)3-4-10-5-7-11(12)8-6-10/h3-5,7-8,10H,1,6H2,2H3/b4-3+. The van der Waals surface area contributed by atoms with Gasteiger partial charge in [0.25, 0.3) is 0 Å². The van der Waals surface area contributed by atoms with Gasteiger partial charge in [0, 0.05) is 0 Å².